The lowest BCUT2D eigenvalue weighted by Crippen LogP contribution is -1.99. The van der Waals surface area contributed by atoms with E-state index in [0.717, 1.165) is 0 Å². The fraction of sp³-hybridized carbons (Fsp3) is 0.143. The molecular weight excluding hydrogens is 172 g/mol. The summed E-state index contributed by atoms with van der Waals surface area (Å²) < 4.78 is 0. The van der Waals surface area contributed by atoms with Crippen LogP contribution in [0.5, 0.6) is 0 Å². The molecule has 0 atom stereocenters. The van der Waals surface area contributed by atoms with E-state index in [4.69, 9.17) is 11.0 Å². The minimum Gasteiger partial charge on any atom is -0.375 e. The maximum absolute atomic E-state index is 8.63. The van der Waals surface area contributed by atoms with E-state index in [0.29, 0.717) is 22.4 Å². The molecule has 0 aliphatic heterocycles. The zero-order valence-electron chi connectivity index (χ0n) is 6.37. The molecule has 0 unspecified atom stereocenters. The number of aromatic nitrogens is 1. The van der Waals surface area contributed by atoms with Crippen molar-refractivity contribution in [1.29, 1.82) is 5.26 Å². The van der Waals surface area contributed by atoms with Crippen LogP contribution in [0.15, 0.2) is 12.7 Å². The average molecular weight is 180 g/mol. The van der Waals surface area contributed by atoms with Crippen molar-refractivity contribution in [3.63, 3.8) is 0 Å². The number of rotatable bonds is 3. The molecule has 1 aromatic rings. The quantitative estimate of drug-likeness (QED) is 0.685. The molecule has 0 saturated heterocycles. The van der Waals surface area contributed by atoms with Gasteiger partial charge >= 0.3 is 0 Å². The zero-order valence-corrected chi connectivity index (χ0v) is 7.19. The molecule has 12 heavy (non-hydrogen) atoms. The highest BCUT2D eigenvalue weighted by atomic mass is 32.1. The van der Waals surface area contributed by atoms with E-state index < -0.39 is 0 Å². The van der Waals surface area contributed by atoms with Crippen molar-refractivity contribution in [3.05, 3.63) is 17.5 Å². The van der Waals surface area contributed by atoms with Gasteiger partial charge in [0.05, 0.1) is 0 Å². The van der Waals surface area contributed by atoms with Gasteiger partial charge in [0.1, 0.15) is 6.07 Å². The van der Waals surface area contributed by atoms with Crippen LogP contribution in [0.2, 0.25) is 0 Å². The minimum atomic E-state index is 0.401. The normalized spacial score (nSPS) is 8.92. The van der Waals surface area contributed by atoms with E-state index in [-0.39, 0.29) is 0 Å². The largest absolute Gasteiger partial charge is 0.375 e. The average Bonchev–Trinajstić information content (AvgIpc) is 2.42. The standard InChI is InChI=1S/C7H8N4S/c1-2-3-10-6-5(4-8)12-7(9)11-6/h2,10H,1,3H2,(H2,9,11). The molecule has 0 amide bonds. The second-order valence-electron chi connectivity index (χ2n) is 2.01. The number of anilines is 2. The number of nitrogen functional groups attached to an aromatic ring is 1. The van der Waals surface area contributed by atoms with Gasteiger partial charge in [0.2, 0.25) is 0 Å². The number of hydrogen-bond donors (Lipinski definition) is 2. The van der Waals surface area contributed by atoms with Gasteiger partial charge in [-0.25, -0.2) is 4.98 Å². The summed E-state index contributed by atoms with van der Waals surface area (Å²) in [7, 11) is 0. The summed E-state index contributed by atoms with van der Waals surface area (Å²) in [6, 6.07) is 2.00. The molecule has 0 spiro atoms. The molecule has 0 bridgehead atoms. The first-order chi connectivity index (χ1) is 5.77. The van der Waals surface area contributed by atoms with Crippen molar-refractivity contribution in [2.24, 2.45) is 0 Å². The lowest BCUT2D eigenvalue weighted by Gasteiger charge is -1.96. The summed E-state index contributed by atoms with van der Waals surface area (Å²) >= 11 is 1.17. The van der Waals surface area contributed by atoms with Crippen LogP contribution < -0.4 is 11.1 Å². The lowest BCUT2D eigenvalue weighted by molar-refractivity contribution is 1.26. The molecule has 0 radical (unpaired) electrons. The summed E-state index contributed by atoms with van der Waals surface area (Å²) in [5.74, 6) is 0.542. The molecule has 0 aromatic carbocycles. The highest BCUT2D eigenvalue weighted by molar-refractivity contribution is 7.16. The summed E-state index contributed by atoms with van der Waals surface area (Å²) in [6.07, 6.45) is 1.69. The number of thiazole rings is 1. The topological polar surface area (TPSA) is 74.7 Å². The molecule has 3 N–H and O–H groups in total. The molecule has 4 nitrogen and oxygen atoms in total. The molecule has 1 aromatic heterocycles. The van der Waals surface area contributed by atoms with Crippen molar-refractivity contribution >= 4 is 22.3 Å². The van der Waals surface area contributed by atoms with Crippen molar-refractivity contribution in [3.8, 4) is 6.07 Å². The Morgan fingerprint density at radius 3 is 3.17 bits per heavy atom. The van der Waals surface area contributed by atoms with E-state index in [1.54, 1.807) is 6.08 Å². The Bertz CT molecular complexity index is 323. The van der Waals surface area contributed by atoms with Crippen molar-refractivity contribution in [1.82, 2.24) is 4.98 Å². The first kappa shape index (κ1) is 8.56. The second kappa shape index (κ2) is 3.74. The predicted octanol–water partition coefficient (Wildman–Crippen LogP) is 1.19. The Labute approximate surface area is 74.3 Å². The third kappa shape index (κ3) is 1.74. The molecule has 1 heterocycles. The minimum absolute atomic E-state index is 0.401. The van der Waals surface area contributed by atoms with Gasteiger partial charge in [-0.3, -0.25) is 0 Å². The maximum atomic E-state index is 8.63. The van der Waals surface area contributed by atoms with Crippen LogP contribution in [-0.2, 0) is 0 Å². The molecule has 62 valence electrons. The van der Waals surface area contributed by atoms with E-state index in [2.05, 4.69) is 16.9 Å². The number of nitrogens with one attached hydrogen (secondary N) is 1. The summed E-state index contributed by atoms with van der Waals surface area (Å²) in [5, 5.41) is 11.9. The van der Waals surface area contributed by atoms with Crippen molar-refractivity contribution < 1.29 is 0 Å². The fourth-order valence-electron chi connectivity index (χ4n) is 0.701. The molecule has 1 rings (SSSR count). The summed E-state index contributed by atoms with van der Waals surface area (Å²) in [5.41, 5.74) is 5.42. The van der Waals surface area contributed by atoms with Gasteiger partial charge in [0.25, 0.3) is 0 Å². The smallest absolute Gasteiger partial charge is 0.183 e. The van der Waals surface area contributed by atoms with Crippen LogP contribution >= 0.6 is 11.3 Å². The molecule has 0 saturated carbocycles. The van der Waals surface area contributed by atoms with Gasteiger partial charge in [0, 0.05) is 6.54 Å². The van der Waals surface area contributed by atoms with Gasteiger partial charge in [-0.05, 0) is 0 Å². The fourth-order valence-corrected chi connectivity index (χ4v) is 1.31. The van der Waals surface area contributed by atoms with Crippen molar-refractivity contribution in [2.45, 2.75) is 0 Å². The molecule has 0 fully saturated rings. The van der Waals surface area contributed by atoms with E-state index in [9.17, 15) is 0 Å². The van der Waals surface area contributed by atoms with Gasteiger partial charge < -0.3 is 11.1 Å². The Morgan fingerprint density at radius 2 is 2.58 bits per heavy atom. The third-order valence-corrected chi connectivity index (χ3v) is 1.95. The van der Waals surface area contributed by atoms with E-state index in [1.165, 1.54) is 11.3 Å². The van der Waals surface area contributed by atoms with Crippen LogP contribution in [0.4, 0.5) is 10.9 Å². The zero-order chi connectivity index (χ0) is 8.97. The third-order valence-electron chi connectivity index (χ3n) is 1.16. The van der Waals surface area contributed by atoms with Gasteiger partial charge in [-0.1, -0.05) is 17.4 Å². The number of nitrogens with two attached hydrogens (primary N) is 1. The number of nitriles is 1. The number of nitrogens with zero attached hydrogens (tertiary/aromatic N) is 2. The second-order valence-corrected chi connectivity index (χ2v) is 3.04. The van der Waals surface area contributed by atoms with Crippen LogP contribution in [0, 0.1) is 11.3 Å². The Morgan fingerprint density at radius 1 is 1.83 bits per heavy atom. The van der Waals surface area contributed by atoms with Gasteiger partial charge in [-0.15, -0.1) is 6.58 Å². The number of hydrogen-bond acceptors (Lipinski definition) is 5. The monoisotopic (exact) mass is 180 g/mol. The lowest BCUT2D eigenvalue weighted by atomic mass is 10.5. The van der Waals surface area contributed by atoms with Crippen molar-refractivity contribution in [2.75, 3.05) is 17.6 Å². The Hall–Kier alpha value is -1.54. The highest BCUT2D eigenvalue weighted by Crippen LogP contribution is 2.23. The first-order valence-corrected chi connectivity index (χ1v) is 4.10. The Balaban J connectivity index is 2.83. The van der Waals surface area contributed by atoms with E-state index in [1.807, 2.05) is 6.07 Å². The SMILES string of the molecule is C=CCNc1nc(N)sc1C#N. The summed E-state index contributed by atoms with van der Waals surface area (Å²) in [6.45, 7) is 4.12. The summed E-state index contributed by atoms with van der Waals surface area (Å²) in [4.78, 5) is 4.44. The highest BCUT2D eigenvalue weighted by Gasteiger charge is 2.06. The van der Waals surface area contributed by atoms with Crippen LogP contribution in [-0.4, -0.2) is 11.5 Å². The van der Waals surface area contributed by atoms with Crippen LogP contribution in [0.25, 0.3) is 0 Å². The molecule has 0 aliphatic rings. The van der Waals surface area contributed by atoms with Gasteiger partial charge in [0.15, 0.2) is 15.8 Å². The Kier molecular flexibility index (Phi) is 2.66. The van der Waals surface area contributed by atoms with Gasteiger partial charge in [-0.2, -0.15) is 5.26 Å². The van der Waals surface area contributed by atoms with Crippen LogP contribution in [0.1, 0.15) is 4.88 Å². The van der Waals surface area contributed by atoms with Crippen LogP contribution in [0.3, 0.4) is 0 Å². The maximum Gasteiger partial charge on any atom is 0.183 e. The molecular formula is C7H8N4S. The van der Waals surface area contributed by atoms with E-state index >= 15 is 0 Å². The molecule has 0 aliphatic carbocycles. The predicted molar refractivity (Wildman–Crippen MR) is 49.9 cm³/mol. The first-order valence-electron chi connectivity index (χ1n) is 3.29. The molecule has 5 heteroatoms.